The van der Waals surface area contributed by atoms with Crippen LogP contribution >= 0.6 is 0 Å². The Morgan fingerprint density at radius 1 is 0.857 bits per heavy atom. The Bertz CT molecular complexity index is 1110. The lowest BCUT2D eigenvalue weighted by Crippen LogP contribution is -2.33. The Morgan fingerprint density at radius 3 is 2.43 bits per heavy atom. The Hall–Kier alpha value is -3.40. The van der Waals surface area contributed by atoms with Crippen LogP contribution in [0, 0.1) is 10.1 Å². The van der Waals surface area contributed by atoms with E-state index in [0.29, 0.717) is 0 Å². The third-order valence-electron chi connectivity index (χ3n) is 5.21. The highest BCUT2D eigenvalue weighted by atomic mass is 16.6. The van der Waals surface area contributed by atoms with E-state index < -0.39 is 0 Å². The van der Waals surface area contributed by atoms with Gasteiger partial charge in [0.2, 0.25) is 0 Å². The second kappa shape index (κ2) is 8.09. The molecule has 0 aromatic heterocycles. The molecule has 1 aliphatic heterocycles. The predicted molar refractivity (Wildman–Crippen MR) is 114 cm³/mol. The zero-order valence-electron chi connectivity index (χ0n) is 15.6. The summed E-state index contributed by atoms with van der Waals surface area (Å²) in [4.78, 5) is 10.6. The molecule has 0 fully saturated rings. The molecule has 28 heavy (non-hydrogen) atoms. The van der Waals surface area contributed by atoms with Gasteiger partial charge in [-0.3, -0.25) is 10.1 Å². The van der Waals surface area contributed by atoms with Gasteiger partial charge in [0, 0.05) is 24.5 Å². The van der Waals surface area contributed by atoms with Gasteiger partial charge in [-0.2, -0.15) is 0 Å². The third kappa shape index (κ3) is 3.67. The maximum atomic E-state index is 10.9. The molecule has 0 unspecified atom stereocenters. The van der Waals surface area contributed by atoms with Crippen molar-refractivity contribution in [3.8, 4) is 11.1 Å². The van der Waals surface area contributed by atoms with Crippen LogP contribution in [0.4, 0.5) is 5.69 Å². The van der Waals surface area contributed by atoms with E-state index in [1.54, 1.807) is 12.1 Å². The summed E-state index contributed by atoms with van der Waals surface area (Å²) in [7, 11) is 0. The fourth-order valence-electron chi connectivity index (χ4n) is 3.88. The highest BCUT2D eigenvalue weighted by molar-refractivity contribution is 5.75. The first-order chi connectivity index (χ1) is 13.7. The number of hydrogen-bond donors (Lipinski definition) is 1. The van der Waals surface area contributed by atoms with E-state index in [2.05, 4.69) is 29.6 Å². The second-order valence-corrected chi connectivity index (χ2v) is 6.97. The zero-order valence-corrected chi connectivity index (χ0v) is 15.6. The number of nitrogens with zero attached hydrogens (tertiary/aromatic N) is 1. The van der Waals surface area contributed by atoms with Gasteiger partial charge >= 0.3 is 0 Å². The second-order valence-electron chi connectivity index (χ2n) is 6.97. The topological polar surface area (TPSA) is 55.2 Å². The van der Waals surface area contributed by atoms with Crippen LogP contribution in [0.25, 0.3) is 23.3 Å². The molecule has 0 spiro atoms. The molecule has 140 valence electrons. The summed E-state index contributed by atoms with van der Waals surface area (Å²) < 4.78 is 0. The van der Waals surface area contributed by atoms with E-state index in [1.807, 2.05) is 42.8 Å². The maximum Gasteiger partial charge on any atom is 0.269 e. The standard InChI is InChI=1S/C18H15NO2.C6H7N/c20-19(21)14-7-10-16-13(11-14)6-9-17-15-4-2-1-3-12(15)5-8-18(16)17;1-2-4-6-7-5-3-1/h4-5,7-11H,1-3,6H2;1-7H. The van der Waals surface area contributed by atoms with Gasteiger partial charge in [-0.1, -0.05) is 36.4 Å². The van der Waals surface area contributed by atoms with Crippen LogP contribution in [0.2, 0.25) is 0 Å². The first-order valence-electron chi connectivity index (χ1n) is 9.58. The largest absolute Gasteiger partial charge is 0.368 e. The maximum absolute atomic E-state index is 10.9. The van der Waals surface area contributed by atoms with Gasteiger partial charge in [0.15, 0.2) is 0 Å². The van der Waals surface area contributed by atoms with Crippen molar-refractivity contribution in [2.24, 2.45) is 0 Å². The summed E-state index contributed by atoms with van der Waals surface area (Å²) in [5, 5.41) is 16.5. The quantitative estimate of drug-likeness (QED) is 0.612. The van der Waals surface area contributed by atoms with Gasteiger partial charge in [-0.05, 0) is 76.6 Å². The molecule has 3 aliphatic rings. The third-order valence-corrected chi connectivity index (χ3v) is 5.21. The summed E-state index contributed by atoms with van der Waals surface area (Å²) >= 11 is 0. The van der Waals surface area contributed by atoms with Crippen molar-refractivity contribution in [3.05, 3.63) is 98.7 Å². The molecule has 4 heteroatoms. The van der Waals surface area contributed by atoms with Crippen molar-refractivity contribution in [2.75, 3.05) is 0 Å². The summed E-state index contributed by atoms with van der Waals surface area (Å²) in [5.74, 6) is 0. The molecular weight excluding hydrogens is 348 g/mol. The average Bonchev–Trinajstić information content (AvgIpc) is 3.06. The summed E-state index contributed by atoms with van der Waals surface area (Å²) in [6.45, 7) is 0. The molecule has 4 nitrogen and oxygen atoms in total. The molecule has 2 aliphatic carbocycles. The van der Waals surface area contributed by atoms with Crippen molar-refractivity contribution >= 4 is 17.8 Å². The minimum Gasteiger partial charge on any atom is -0.368 e. The van der Waals surface area contributed by atoms with Crippen LogP contribution in [0.5, 0.6) is 0 Å². The van der Waals surface area contributed by atoms with Crippen molar-refractivity contribution in [1.82, 2.24) is 5.32 Å². The van der Waals surface area contributed by atoms with Crippen LogP contribution in [0.15, 0.2) is 67.0 Å². The molecule has 0 bridgehead atoms. The SMILES string of the molecule is C1=CC=CNC=C1.O=[N+]([O-])c1ccc2c(c1)CC=c1c-2ccc2c1=CCCC2. The van der Waals surface area contributed by atoms with Gasteiger partial charge in [-0.25, -0.2) is 0 Å². The number of hydrogen-bond acceptors (Lipinski definition) is 3. The Kier molecular flexibility index (Phi) is 5.20. The number of aryl methyl sites for hydroxylation is 1. The number of benzene rings is 2. The lowest BCUT2D eigenvalue weighted by molar-refractivity contribution is -0.384. The number of nitrogens with one attached hydrogen (secondary N) is 1. The summed E-state index contributed by atoms with van der Waals surface area (Å²) in [5.41, 5.74) is 5.01. The number of non-ortho nitro benzene ring substituents is 1. The van der Waals surface area contributed by atoms with Crippen molar-refractivity contribution in [3.63, 3.8) is 0 Å². The first-order valence-corrected chi connectivity index (χ1v) is 9.58. The van der Waals surface area contributed by atoms with Crippen LogP contribution in [0.1, 0.15) is 24.0 Å². The Balaban J connectivity index is 0.000000233. The minimum atomic E-state index is -0.323. The van der Waals surface area contributed by atoms with Crippen LogP contribution in [0.3, 0.4) is 0 Å². The number of rotatable bonds is 1. The average molecular weight is 370 g/mol. The molecule has 0 atom stereocenters. The lowest BCUT2D eigenvalue weighted by Gasteiger charge is -2.17. The fourth-order valence-corrected chi connectivity index (χ4v) is 3.88. The smallest absolute Gasteiger partial charge is 0.269 e. The highest BCUT2D eigenvalue weighted by Crippen LogP contribution is 2.28. The Morgan fingerprint density at radius 2 is 1.64 bits per heavy atom. The fraction of sp³-hybridized carbons (Fsp3) is 0.167. The lowest BCUT2D eigenvalue weighted by atomic mass is 9.86. The highest BCUT2D eigenvalue weighted by Gasteiger charge is 2.17. The molecule has 2 aromatic rings. The number of nitro groups is 1. The van der Waals surface area contributed by atoms with Gasteiger partial charge in [0.05, 0.1) is 4.92 Å². The van der Waals surface area contributed by atoms with Crippen molar-refractivity contribution in [2.45, 2.75) is 25.7 Å². The normalized spacial score (nSPS) is 15.3. The number of nitro benzene ring substituents is 1. The van der Waals surface area contributed by atoms with Gasteiger partial charge in [0.25, 0.3) is 5.69 Å². The van der Waals surface area contributed by atoms with Crippen molar-refractivity contribution < 1.29 is 4.92 Å². The van der Waals surface area contributed by atoms with E-state index in [0.717, 1.165) is 30.4 Å². The predicted octanol–water partition coefficient (Wildman–Crippen LogP) is 3.89. The first kappa shape index (κ1) is 18.0. The van der Waals surface area contributed by atoms with E-state index in [4.69, 9.17) is 0 Å². The molecule has 0 saturated heterocycles. The van der Waals surface area contributed by atoms with E-state index in [-0.39, 0.29) is 10.6 Å². The molecule has 2 aromatic carbocycles. The molecule has 1 N–H and O–H groups in total. The molecule has 1 heterocycles. The summed E-state index contributed by atoms with van der Waals surface area (Å²) in [6.07, 6.45) is 20.4. The van der Waals surface area contributed by atoms with Gasteiger partial charge in [-0.15, -0.1) is 0 Å². The molecule has 5 rings (SSSR count). The molecule has 0 radical (unpaired) electrons. The minimum absolute atomic E-state index is 0.176. The number of fused-ring (bicyclic) bond motifs is 5. The number of allylic oxidation sites excluding steroid dienone is 4. The Labute approximate surface area is 164 Å². The van der Waals surface area contributed by atoms with Crippen LogP contribution < -0.4 is 15.8 Å². The van der Waals surface area contributed by atoms with Gasteiger partial charge in [0.1, 0.15) is 0 Å². The van der Waals surface area contributed by atoms with Gasteiger partial charge < -0.3 is 5.32 Å². The monoisotopic (exact) mass is 370 g/mol. The zero-order chi connectivity index (χ0) is 19.3. The van der Waals surface area contributed by atoms with E-state index in [9.17, 15) is 10.1 Å². The van der Waals surface area contributed by atoms with E-state index in [1.165, 1.54) is 28.0 Å². The van der Waals surface area contributed by atoms with Crippen LogP contribution in [-0.2, 0) is 12.8 Å². The molecule has 0 amide bonds. The van der Waals surface area contributed by atoms with Crippen molar-refractivity contribution in [1.29, 1.82) is 0 Å². The molecular formula is C24H22N2O2. The summed E-state index contributed by atoms with van der Waals surface area (Å²) in [6, 6.07) is 9.60. The molecule has 0 saturated carbocycles. The van der Waals surface area contributed by atoms with E-state index >= 15 is 0 Å². The van der Waals surface area contributed by atoms with Crippen LogP contribution in [-0.4, -0.2) is 4.92 Å².